The minimum atomic E-state index is -3.63. The number of nitrogen functional groups attached to an aromatic ring is 1. The van der Waals surface area contributed by atoms with Gasteiger partial charge in [-0.3, -0.25) is 14.3 Å². The number of rotatable bonds is 4. The van der Waals surface area contributed by atoms with Crippen LogP contribution in [0.4, 0.5) is 11.5 Å². The maximum absolute atomic E-state index is 12.8. The first-order valence-electron chi connectivity index (χ1n) is 8.39. The van der Waals surface area contributed by atoms with E-state index >= 15 is 0 Å². The van der Waals surface area contributed by atoms with Gasteiger partial charge in [0.1, 0.15) is 11.5 Å². The zero-order valence-corrected chi connectivity index (χ0v) is 17.1. The Morgan fingerprint density at radius 1 is 1.19 bits per heavy atom. The standard InChI is InChI=1S/C16H20BrN5O4S/c1-2-22-14(18)13(15(23)19-16(22)24)20-6-8-21(9-7-20)27(25,26)12-5-3-4-11(17)10-12/h3-5,10H,2,6-9,18H2,1H3,(H,19,23,24). The van der Waals surface area contributed by atoms with E-state index < -0.39 is 21.3 Å². The minimum absolute atomic E-state index is 0.0922. The van der Waals surface area contributed by atoms with Crippen LogP contribution in [0.1, 0.15) is 6.92 Å². The molecule has 2 heterocycles. The number of aromatic nitrogens is 2. The maximum Gasteiger partial charge on any atom is 0.330 e. The molecule has 9 nitrogen and oxygen atoms in total. The Hall–Kier alpha value is -2.11. The third-order valence-electron chi connectivity index (χ3n) is 4.52. The topological polar surface area (TPSA) is 121 Å². The van der Waals surface area contributed by atoms with Crippen LogP contribution >= 0.6 is 15.9 Å². The molecular formula is C16H20BrN5O4S. The van der Waals surface area contributed by atoms with Gasteiger partial charge in [0.05, 0.1) is 4.90 Å². The van der Waals surface area contributed by atoms with Crippen LogP contribution in [0.3, 0.4) is 0 Å². The summed E-state index contributed by atoms with van der Waals surface area (Å²) in [6.07, 6.45) is 0. The molecule has 2 aromatic rings. The van der Waals surface area contributed by atoms with Gasteiger partial charge in [-0.05, 0) is 25.1 Å². The molecule has 0 saturated carbocycles. The molecule has 3 rings (SSSR count). The lowest BCUT2D eigenvalue weighted by atomic mass is 10.3. The Morgan fingerprint density at radius 3 is 2.44 bits per heavy atom. The van der Waals surface area contributed by atoms with Crippen molar-refractivity contribution in [2.75, 3.05) is 36.8 Å². The van der Waals surface area contributed by atoms with Crippen molar-refractivity contribution in [3.8, 4) is 0 Å². The van der Waals surface area contributed by atoms with E-state index in [0.29, 0.717) is 24.1 Å². The molecule has 11 heteroatoms. The van der Waals surface area contributed by atoms with E-state index in [4.69, 9.17) is 5.73 Å². The number of hydrogen-bond donors (Lipinski definition) is 2. The summed E-state index contributed by atoms with van der Waals surface area (Å²) >= 11 is 3.28. The Labute approximate surface area is 164 Å². The van der Waals surface area contributed by atoms with Crippen molar-refractivity contribution in [2.45, 2.75) is 18.4 Å². The zero-order valence-electron chi connectivity index (χ0n) is 14.7. The van der Waals surface area contributed by atoms with Crippen molar-refractivity contribution in [1.29, 1.82) is 0 Å². The number of nitrogens with zero attached hydrogens (tertiary/aromatic N) is 3. The molecule has 0 bridgehead atoms. The molecule has 27 heavy (non-hydrogen) atoms. The molecule has 0 amide bonds. The third-order valence-corrected chi connectivity index (χ3v) is 6.91. The molecule has 0 spiro atoms. The molecule has 0 unspecified atom stereocenters. The highest BCUT2D eigenvalue weighted by Crippen LogP contribution is 2.23. The van der Waals surface area contributed by atoms with Gasteiger partial charge in [0, 0.05) is 37.2 Å². The van der Waals surface area contributed by atoms with Gasteiger partial charge in [-0.2, -0.15) is 4.31 Å². The monoisotopic (exact) mass is 457 g/mol. The predicted molar refractivity (Wildman–Crippen MR) is 107 cm³/mol. The van der Waals surface area contributed by atoms with E-state index in [1.165, 1.54) is 8.87 Å². The number of piperazine rings is 1. The average Bonchev–Trinajstić information content (AvgIpc) is 2.62. The summed E-state index contributed by atoms with van der Waals surface area (Å²) in [4.78, 5) is 28.2. The van der Waals surface area contributed by atoms with E-state index in [1.54, 1.807) is 36.1 Å². The fraction of sp³-hybridized carbons (Fsp3) is 0.375. The number of anilines is 2. The molecule has 1 aromatic heterocycles. The van der Waals surface area contributed by atoms with Crippen molar-refractivity contribution >= 4 is 37.5 Å². The van der Waals surface area contributed by atoms with E-state index in [-0.39, 0.29) is 29.5 Å². The van der Waals surface area contributed by atoms with Crippen LogP contribution in [-0.4, -0.2) is 48.5 Å². The average molecular weight is 458 g/mol. The van der Waals surface area contributed by atoms with Gasteiger partial charge in [-0.1, -0.05) is 22.0 Å². The van der Waals surface area contributed by atoms with Crippen LogP contribution in [0, 0.1) is 0 Å². The summed E-state index contributed by atoms with van der Waals surface area (Å²) in [6.45, 7) is 3.08. The fourth-order valence-electron chi connectivity index (χ4n) is 3.13. The van der Waals surface area contributed by atoms with Crippen molar-refractivity contribution in [2.24, 2.45) is 0 Å². The minimum Gasteiger partial charge on any atom is -0.383 e. The second-order valence-electron chi connectivity index (χ2n) is 6.09. The van der Waals surface area contributed by atoms with E-state index in [9.17, 15) is 18.0 Å². The van der Waals surface area contributed by atoms with Crippen molar-refractivity contribution in [3.05, 3.63) is 49.6 Å². The summed E-state index contributed by atoms with van der Waals surface area (Å²) in [5.74, 6) is 0.0922. The summed E-state index contributed by atoms with van der Waals surface area (Å²) in [5.41, 5.74) is 5.10. The number of nitrogens with two attached hydrogens (primary N) is 1. The molecule has 0 atom stereocenters. The van der Waals surface area contributed by atoms with Crippen molar-refractivity contribution < 1.29 is 8.42 Å². The predicted octanol–water partition coefficient (Wildman–Crippen LogP) is 0.412. The van der Waals surface area contributed by atoms with Gasteiger partial charge >= 0.3 is 5.69 Å². The van der Waals surface area contributed by atoms with Crippen LogP contribution in [0.25, 0.3) is 0 Å². The molecule has 1 aliphatic rings. The maximum atomic E-state index is 12.8. The number of H-pyrrole nitrogens is 1. The second-order valence-corrected chi connectivity index (χ2v) is 8.94. The molecular weight excluding hydrogens is 438 g/mol. The van der Waals surface area contributed by atoms with Crippen LogP contribution in [0.15, 0.2) is 43.2 Å². The smallest absolute Gasteiger partial charge is 0.330 e. The summed E-state index contributed by atoms with van der Waals surface area (Å²) in [5, 5.41) is 0. The normalized spacial score (nSPS) is 15.9. The molecule has 146 valence electrons. The van der Waals surface area contributed by atoms with Gasteiger partial charge in [0.25, 0.3) is 5.56 Å². The van der Waals surface area contributed by atoms with Crippen LogP contribution < -0.4 is 21.9 Å². The third kappa shape index (κ3) is 3.66. The zero-order chi connectivity index (χ0) is 19.8. The fourth-order valence-corrected chi connectivity index (χ4v) is 5.14. The van der Waals surface area contributed by atoms with Crippen LogP contribution in [-0.2, 0) is 16.6 Å². The van der Waals surface area contributed by atoms with E-state index in [1.807, 2.05) is 0 Å². The summed E-state index contributed by atoms with van der Waals surface area (Å²) in [6, 6.07) is 6.53. The Balaban J connectivity index is 1.84. The Bertz CT molecular complexity index is 1070. The molecule has 0 radical (unpaired) electrons. The first kappa shape index (κ1) is 19.6. The Kier molecular flexibility index (Phi) is 5.45. The van der Waals surface area contributed by atoms with Gasteiger partial charge < -0.3 is 10.6 Å². The quantitative estimate of drug-likeness (QED) is 0.685. The molecule has 1 saturated heterocycles. The summed E-state index contributed by atoms with van der Waals surface area (Å²) in [7, 11) is -3.63. The lowest BCUT2D eigenvalue weighted by Crippen LogP contribution is -2.51. The highest BCUT2D eigenvalue weighted by molar-refractivity contribution is 9.10. The Morgan fingerprint density at radius 2 is 1.85 bits per heavy atom. The number of nitrogens with one attached hydrogen (secondary N) is 1. The van der Waals surface area contributed by atoms with Gasteiger partial charge in [-0.25, -0.2) is 13.2 Å². The number of hydrogen-bond acceptors (Lipinski definition) is 6. The highest BCUT2D eigenvalue weighted by Gasteiger charge is 2.30. The highest BCUT2D eigenvalue weighted by atomic mass is 79.9. The van der Waals surface area contributed by atoms with Crippen molar-refractivity contribution in [3.63, 3.8) is 0 Å². The number of halogens is 1. The van der Waals surface area contributed by atoms with Gasteiger partial charge in [-0.15, -0.1) is 0 Å². The molecule has 1 fully saturated rings. The number of aromatic amines is 1. The lowest BCUT2D eigenvalue weighted by Gasteiger charge is -2.35. The molecule has 0 aliphatic carbocycles. The largest absolute Gasteiger partial charge is 0.383 e. The van der Waals surface area contributed by atoms with Crippen LogP contribution in [0.5, 0.6) is 0 Å². The first-order chi connectivity index (χ1) is 12.8. The first-order valence-corrected chi connectivity index (χ1v) is 10.6. The van der Waals surface area contributed by atoms with E-state index in [2.05, 4.69) is 20.9 Å². The van der Waals surface area contributed by atoms with Crippen molar-refractivity contribution in [1.82, 2.24) is 13.9 Å². The number of benzene rings is 1. The molecule has 3 N–H and O–H groups in total. The molecule has 1 aromatic carbocycles. The summed E-state index contributed by atoms with van der Waals surface area (Å²) < 4.78 is 29.0. The number of sulfonamides is 1. The van der Waals surface area contributed by atoms with Gasteiger partial charge in [0.15, 0.2) is 0 Å². The lowest BCUT2D eigenvalue weighted by molar-refractivity contribution is 0.384. The second kappa shape index (κ2) is 7.49. The van der Waals surface area contributed by atoms with Gasteiger partial charge in [0.2, 0.25) is 10.0 Å². The SMILES string of the molecule is CCn1c(N)c(N2CCN(S(=O)(=O)c3cccc(Br)c3)CC2)c(=O)[nH]c1=O. The van der Waals surface area contributed by atoms with E-state index in [0.717, 1.165) is 0 Å². The molecule has 1 aliphatic heterocycles. The van der Waals surface area contributed by atoms with Crippen LogP contribution in [0.2, 0.25) is 0 Å².